The minimum absolute atomic E-state index is 0.0192. The van der Waals surface area contributed by atoms with Crippen LogP contribution in [0.4, 0.5) is 10.5 Å². The normalized spacial score (nSPS) is 12.9. The van der Waals surface area contributed by atoms with Crippen molar-refractivity contribution < 1.29 is 32.3 Å². The minimum Gasteiger partial charge on any atom is -0.445 e. The van der Waals surface area contributed by atoms with E-state index in [0.717, 1.165) is 6.26 Å². The third-order valence-corrected chi connectivity index (χ3v) is 5.94. The first kappa shape index (κ1) is 29.9. The molecule has 1 aromatic rings. The second kappa shape index (κ2) is 13.7. The van der Waals surface area contributed by atoms with Crippen molar-refractivity contribution in [2.45, 2.75) is 53.3 Å². The Morgan fingerprint density at radius 2 is 1.60 bits per heavy atom. The van der Waals surface area contributed by atoms with E-state index in [1.54, 1.807) is 45.0 Å². The number of amides is 4. The molecule has 0 radical (unpaired) electrons. The maximum absolute atomic E-state index is 12.5. The number of ether oxygens (including phenoxy) is 1. The predicted octanol–water partition coefficient (Wildman–Crippen LogP) is 1.29. The summed E-state index contributed by atoms with van der Waals surface area (Å²) in [5.74, 6) is -1.52. The molecule has 1 rings (SSSR count). The van der Waals surface area contributed by atoms with Crippen molar-refractivity contribution >= 4 is 39.3 Å². The molecule has 0 heterocycles. The first-order chi connectivity index (χ1) is 16.2. The number of benzene rings is 1. The molecule has 0 aliphatic carbocycles. The number of nitrogens with zero attached hydrogens (tertiary/aromatic N) is 1. The summed E-state index contributed by atoms with van der Waals surface area (Å²) in [6.07, 6.45) is 0.493. The molecule has 0 fully saturated rings. The van der Waals surface area contributed by atoms with Gasteiger partial charge in [0.15, 0.2) is 0 Å². The van der Waals surface area contributed by atoms with E-state index in [4.69, 9.17) is 4.74 Å². The van der Waals surface area contributed by atoms with E-state index in [9.17, 15) is 27.6 Å². The number of carbonyl (C=O) groups excluding carboxylic acids is 4. The highest BCUT2D eigenvalue weighted by Crippen LogP contribution is 2.12. The molecule has 0 bridgehead atoms. The second-order valence-electron chi connectivity index (χ2n) is 8.60. The topological polar surface area (TPSA) is 151 Å². The molecular formula is C23H36N4O7S. The smallest absolute Gasteiger partial charge is 0.410 e. The van der Waals surface area contributed by atoms with Crippen LogP contribution in [0.1, 0.15) is 40.2 Å². The van der Waals surface area contributed by atoms with Crippen LogP contribution in [0.5, 0.6) is 0 Å². The maximum Gasteiger partial charge on any atom is 0.410 e. The number of nitrogens with one attached hydrogen (secondary N) is 3. The van der Waals surface area contributed by atoms with Gasteiger partial charge in [-0.3, -0.25) is 14.4 Å². The summed E-state index contributed by atoms with van der Waals surface area (Å²) in [6, 6.07) is 5.01. The zero-order valence-corrected chi connectivity index (χ0v) is 21.9. The molecule has 4 amide bonds. The number of hydrogen-bond acceptors (Lipinski definition) is 7. The molecule has 0 aromatic heterocycles. The molecule has 0 unspecified atom stereocenters. The maximum atomic E-state index is 12.5. The van der Waals surface area contributed by atoms with Gasteiger partial charge in [0.05, 0.1) is 5.75 Å². The second-order valence-corrected chi connectivity index (χ2v) is 10.9. The number of hydrogen-bond donors (Lipinski definition) is 3. The molecule has 2 atom stereocenters. The van der Waals surface area contributed by atoms with Gasteiger partial charge in [0.1, 0.15) is 28.5 Å². The van der Waals surface area contributed by atoms with Gasteiger partial charge in [-0.2, -0.15) is 0 Å². The fraction of sp³-hybridized carbons (Fsp3) is 0.565. The standard InChI is InChI=1S/C23H36N4O7S/c1-7-27(12-13-35(6,32)33)23(31)34-14-18-8-10-19(11-9-18)26-21(29)16(4)24-22(30)20(15(2)3)25-17(5)28/h8-11,15-16,20H,7,12-14H2,1-6H3,(H,24,30)(H,25,28)(H,26,29)/t16-,20-/m0/s1. The van der Waals surface area contributed by atoms with Gasteiger partial charge >= 0.3 is 6.09 Å². The van der Waals surface area contributed by atoms with E-state index in [-0.39, 0.29) is 30.7 Å². The van der Waals surface area contributed by atoms with Crippen LogP contribution in [0.3, 0.4) is 0 Å². The Balaban J connectivity index is 2.61. The summed E-state index contributed by atoms with van der Waals surface area (Å²) >= 11 is 0. The molecule has 0 saturated heterocycles. The van der Waals surface area contributed by atoms with Gasteiger partial charge in [0, 0.05) is 32.0 Å². The molecule has 0 saturated carbocycles. The van der Waals surface area contributed by atoms with Crippen LogP contribution >= 0.6 is 0 Å². The highest BCUT2D eigenvalue weighted by Gasteiger charge is 2.26. The lowest BCUT2D eigenvalue weighted by Crippen LogP contribution is -2.53. The molecule has 3 N–H and O–H groups in total. The van der Waals surface area contributed by atoms with Crippen molar-refractivity contribution in [3.63, 3.8) is 0 Å². The van der Waals surface area contributed by atoms with Crippen LogP contribution in [0, 0.1) is 5.92 Å². The average Bonchev–Trinajstić information content (AvgIpc) is 2.76. The zero-order chi connectivity index (χ0) is 26.8. The Morgan fingerprint density at radius 1 is 1.00 bits per heavy atom. The highest BCUT2D eigenvalue weighted by molar-refractivity contribution is 7.90. The monoisotopic (exact) mass is 512 g/mol. The summed E-state index contributed by atoms with van der Waals surface area (Å²) in [5.41, 5.74) is 1.16. The van der Waals surface area contributed by atoms with Gasteiger partial charge in [-0.15, -0.1) is 0 Å². The van der Waals surface area contributed by atoms with E-state index in [1.807, 2.05) is 0 Å². The van der Waals surface area contributed by atoms with E-state index < -0.39 is 39.8 Å². The first-order valence-electron chi connectivity index (χ1n) is 11.3. The average molecular weight is 513 g/mol. The number of anilines is 1. The molecule has 1 aromatic carbocycles. The third kappa shape index (κ3) is 11.2. The van der Waals surface area contributed by atoms with Crippen LogP contribution in [-0.4, -0.2) is 74.3 Å². The Morgan fingerprint density at radius 3 is 2.09 bits per heavy atom. The quantitative estimate of drug-likeness (QED) is 0.382. The Bertz CT molecular complexity index is 994. The molecule has 12 heteroatoms. The third-order valence-electron chi connectivity index (χ3n) is 5.02. The van der Waals surface area contributed by atoms with E-state index >= 15 is 0 Å². The molecule has 11 nitrogen and oxygen atoms in total. The molecule has 0 aliphatic heterocycles. The first-order valence-corrected chi connectivity index (χ1v) is 13.4. The molecule has 35 heavy (non-hydrogen) atoms. The van der Waals surface area contributed by atoms with Crippen LogP contribution in [0.15, 0.2) is 24.3 Å². The van der Waals surface area contributed by atoms with Crippen LogP contribution < -0.4 is 16.0 Å². The Kier molecular flexibility index (Phi) is 11.7. The molecule has 0 spiro atoms. The summed E-state index contributed by atoms with van der Waals surface area (Å²) in [4.78, 5) is 49.7. The van der Waals surface area contributed by atoms with Crippen molar-refractivity contribution in [2.75, 3.05) is 30.4 Å². The summed E-state index contributed by atoms with van der Waals surface area (Å²) in [7, 11) is -3.19. The van der Waals surface area contributed by atoms with Crippen molar-refractivity contribution in [1.82, 2.24) is 15.5 Å². The van der Waals surface area contributed by atoms with E-state index in [1.165, 1.54) is 18.7 Å². The molecule has 0 aliphatic rings. The minimum atomic E-state index is -3.19. The summed E-state index contributed by atoms with van der Waals surface area (Å²) in [6.45, 7) is 8.52. The SMILES string of the molecule is CCN(CCS(C)(=O)=O)C(=O)OCc1ccc(NC(=O)[C@H](C)NC(=O)[C@@H](NC(C)=O)C(C)C)cc1. The Labute approximate surface area is 206 Å². The van der Waals surface area contributed by atoms with Gasteiger partial charge in [0.2, 0.25) is 17.7 Å². The lowest BCUT2D eigenvalue weighted by Gasteiger charge is -2.23. The predicted molar refractivity (Wildman–Crippen MR) is 132 cm³/mol. The van der Waals surface area contributed by atoms with Crippen LogP contribution in [0.2, 0.25) is 0 Å². The number of sulfone groups is 1. The van der Waals surface area contributed by atoms with Gasteiger partial charge in [0.25, 0.3) is 0 Å². The molecule has 196 valence electrons. The van der Waals surface area contributed by atoms with Crippen molar-refractivity contribution in [3.05, 3.63) is 29.8 Å². The fourth-order valence-corrected chi connectivity index (χ4v) is 3.50. The Hall–Kier alpha value is -3.15. The van der Waals surface area contributed by atoms with Crippen molar-refractivity contribution in [2.24, 2.45) is 5.92 Å². The lowest BCUT2D eigenvalue weighted by atomic mass is 10.0. The van der Waals surface area contributed by atoms with Crippen LogP contribution in [0.25, 0.3) is 0 Å². The van der Waals surface area contributed by atoms with Gasteiger partial charge < -0.3 is 25.6 Å². The fourth-order valence-electron chi connectivity index (χ4n) is 2.95. The summed E-state index contributed by atoms with van der Waals surface area (Å²) in [5, 5.41) is 7.87. The van der Waals surface area contributed by atoms with E-state index in [0.29, 0.717) is 17.8 Å². The summed E-state index contributed by atoms with van der Waals surface area (Å²) < 4.78 is 27.9. The highest BCUT2D eigenvalue weighted by atomic mass is 32.2. The van der Waals surface area contributed by atoms with Crippen molar-refractivity contribution in [1.29, 1.82) is 0 Å². The van der Waals surface area contributed by atoms with Gasteiger partial charge in [-0.05, 0) is 37.5 Å². The largest absolute Gasteiger partial charge is 0.445 e. The molecular weight excluding hydrogens is 476 g/mol. The van der Waals surface area contributed by atoms with E-state index in [2.05, 4.69) is 16.0 Å². The van der Waals surface area contributed by atoms with Crippen LogP contribution in [-0.2, 0) is 35.6 Å². The van der Waals surface area contributed by atoms with Gasteiger partial charge in [-0.25, -0.2) is 13.2 Å². The number of carbonyl (C=O) groups is 4. The number of rotatable bonds is 12. The van der Waals surface area contributed by atoms with Gasteiger partial charge in [-0.1, -0.05) is 26.0 Å². The zero-order valence-electron chi connectivity index (χ0n) is 21.1. The lowest BCUT2D eigenvalue weighted by molar-refractivity contribution is -0.131. The van der Waals surface area contributed by atoms with Crippen molar-refractivity contribution in [3.8, 4) is 0 Å².